The molecule has 0 aliphatic carbocycles. The van der Waals surface area contributed by atoms with Gasteiger partial charge >= 0.3 is 0 Å². The van der Waals surface area contributed by atoms with Gasteiger partial charge in [0.05, 0.1) is 4.47 Å². The molecule has 1 atom stereocenters. The third kappa shape index (κ3) is 2.80. The molecule has 1 heterocycles. The Morgan fingerprint density at radius 1 is 1.56 bits per heavy atom. The van der Waals surface area contributed by atoms with Crippen molar-refractivity contribution in [2.24, 2.45) is 0 Å². The molecule has 0 bridgehead atoms. The van der Waals surface area contributed by atoms with Gasteiger partial charge in [-0.05, 0) is 33.6 Å². The smallest absolute Gasteiger partial charge is 0.221 e. The van der Waals surface area contributed by atoms with Crippen LogP contribution in [-0.2, 0) is 11.3 Å². The van der Waals surface area contributed by atoms with Gasteiger partial charge in [-0.2, -0.15) is 0 Å². The van der Waals surface area contributed by atoms with E-state index >= 15 is 0 Å². The van der Waals surface area contributed by atoms with Crippen LogP contribution in [0.1, 0.15) is 12.0 Å². The van der Waals surface area contributed by atoms with Crippen molar-refractivity contribution in [3.63, 3.8) is 0 Å². The summed E-state index contributed by atoms with van der Waals surface area (Å²) in [5, 5.41) is 5.95. The average molecular weight is 287 g/mol. The summed E-state index contributed by atoms with van der Waals surface area (Å²) in [5.41, 5.74) is 0.875. The first-order chi connectivity index (χ1) is 7.65. The molecule has 1 aromatic carbocycles. The first kappa shape index (κ1) is 11.5. The van der Waals surface area contributed by atoms with Gasteiger partial charge in [-0.1, -0.05) is 6.07 Å². The number of hydrogen-bond acceptors (Lipinski definition) is 2. The molecule has 2 rings (SSSR count). The van der Waals surface area contributed by atoms with E-state index in [4.69, 9.17) is 0 Å². The molecule has 1 aliphatic rings. The molecule has 86 valence electrons. The Morgan fingerprint density at radius 2 is 2.38 bits per heavy atom. The minimum absolute atomic E-state index is 0.0690. The van der Waals surface area contributed by atoms with E-state index < -0.39 is 0 Å². The van der Waals surface area contributed by atoms with Crippen LogP contribution in [0.25, 0.3) is 0 Å². The van der Waals surface area contributed by atoms with Crippen molar-refractivity contribution in [1.82, 2.24) is 10.6 Å². The fourth-order valence-corrected chi connectivity index (χ4v) is 1.91. The summed E-state index contributed by atoms with van der Waals surface area (Å²) in [5.74, 6) is -0.195. The average Bonchev–Trinajstić information content (AvgIpc) is 2.66. The summed E-state index contributed by atoms with van der Waals surface area (Å²) in [7, 11) is 0. The first-order valence-electron chi connectivity index (χ1n) is 5.09. The van der Waals surface area contributed by atoms with Crippen molar-refractivity contribution >= 4 is 21.8 Å². The molecule has 1 amide bonds. The van der Waals surface area contributed by atoms with E-state index in [1.54, 1.807) is 6.07 Å². The second-order valence-corrected chi connectivity index (χ2v) is 4.69. The molecular formula is C11H12BrFN2O. The van der Waals surface area contributed by atoms with Crippen LogP contribution in [0.5, 0.6) is 0 Å². The van der Waals surface area contributed by atoms with Crippen LogP contribution in [-0.4, -0.2) is 18.5 Å². The van der Waals surface area contributed by atoms with Gasteiger partial charge in [0.25, 0.3) is 0 Å². The van der Waals surface area contributed by atoms with Crippen molar-refractivity contribution in [2.75, 3.05) is 6.54 Å². The maximum Gasteiger partial charge on any atom is 0.221 e. The van der Waals surface area contributed by atoms with E-state index in [1.165, 1.54) is 6.07 Å². The summed E-state index contributed by atoms with van der Waals surface area (Å²) < 4.78 is 13.7. The number of carbonyl (C=O) groups is 1. The normalized spacial score (nSPS) is 19.9. The number of hydrogen-bond donors (Lipinski definition) is 2. The molecule has 2 N–H and O–H groups in total. The van der Waals surface area contributed by atoms with Gasteiger partial charge in [0, 0.05) is 25.6 Å². The van der Waals surface area contributed by atoms with Crippen LogP contribution >= 0.6 is 15.9 Å². The molecule has 3 nitrogen and oxygen atoms in total. The lowest BCUT2D eigenvalue weighted by molar-refractivity contribution is -0.119. The van der Waals surface area contributed by atoms with Crippen molar-refractivity contribution < 1.29 is 9.18 Å². The highest BCUT2D eigenvalue weighted by Crippen LogP contribution is 2.16. The van der Waals surface area contributed by atoms with Crippen molar-refractivity contribution in [3.8, 4) is 0 Å². The fourth-order valence-electron chi connectivity index (χ4n) is 1.66. The van der Waals surface area contributed by atoms with E-state index in [-0.39, 0.29) is 17.8 Å². The first-order valence-corrected chi connectivity index (χ1v) is 5.88. The summed E-state index contributed by atoms with van der Waals surface area (Å²) in [6, 6.07) is 5.18. The topological polar surface area (TPSA) is 41.1 Å². The Morgan fingerprint density at radius 3 is 3.00 bits per heavy atom. The van der Waals surface area contributed by atoms with Crippen LogP contribution in [0.15, 0.2) is 22.7 Å². The van der Waals surface area contributed by atoms with Gasteiger partial charge in [-0.15, -0.1) is 0 Å². The number of carbonyl (C=O) groups excluding carboxylic acids is 1. The van der Waals surface area contributed by atoms with Gasteiger partial charge in [0.2, 0.25) is 5.91 Å². The van der Waals surface area contributed by atoms with Crippen LogP contribution in [0.4, 0.5) is 4.39 Å². The van der Waals surface area contributed by atoms with Crippen LogP contribution in [0, 0.1) is 5.82 Å². The maximum atomic E-state index is 13.2. The second kappa shape index (κ2) is 4.93. The van der Waals surface area contributed by atoms with E-state index in [1.807, 2.05) is 6.07 Å². The van der Waals surface area contributed by atoms with E-state index in [2.05, 4.69) is 26.6 Å². The van der Waals surface area contributed by atoms with Gasteiger partial charge < -0.3 is 10.6 Å². The van der Waals surface area contributed by atoms with Gasteiger partial charge in [0.15, 0.2) is 0 Å². The summed E-state index contributed by atoms with van der Waals surface area (Å²) in [6.07, 6.45) is 0.499. The van der Waals surface area contributed by atoms with Crippen LogP contribution < -0.4 is 10.6 Å². The molecule has 1 fully saturated rings. The number of amides is 1. The van der Waals surface area contributed by atoms with Gasteiger partial charge in [0.1, 0.15) is 5.82 Å². The number of benzene rings is 1. The standard InChI is InChI=1S/C11H12BrFN2O/c12-9-2-1-7(3-10(9)13)5-14-8-4-11(16)15-6-8/h1-3,8,14H,4-6H2,(H,15,16). The van der Waals surface area contributed by atoms with E-state index in [9.17, 15) is 9.18 Å². The molecule has 0 aromatic heterocycles. The molecule has 1 aromatic rings. The largest absolute Gasteiger partial charge is 0.354 e. The Kier molecular flexibility index (Phi) is 3.56. The van der Waals surface area contributed by atoms with E-state index in [0.29, 0.717) is 24.0 Å². The lowest BCUT2D eigenvalue weighted by atomic mass is 10.2. The fraction of sp³-hybridized carbons (Fsp3) is 0.364. The second-order valence-electron chi connectivity index (χ2n) is 3.83. The molecule has 0 radical (unpaired) electrons. The SMILES string of the molecule is O=C1CC(NCc2ccc(Br)c(F)c2)CN1. The lowest BCUT2D eigenvalue weighted by Crippen LogP contribution is -2.30. The summed E-state index contributed by atoms with van der Waals surface area (Å²) in [6.45, 7) is 1.22. The third-order valence-electron chi connectivity index (χ3n) is 2.56. The van der Waals surface area contributed by atoms with Gasteiger partial charge in [-0.25, -0.2) is 4.39 Å². The molecule has 0 saturated carbocycles. The predicted molar refractivity (Wildman–Crippen MR) is 62.4 cm³/mol. The number of rotatable bonds is 3. The Balaban J connectivity index is 1.89. The van der Waals surface area contributed by atoms with Gasteiger partial charge in [-0.3, -0.25) is 4.79 Å². The Hall–Kier alpha value is -0.940. The summed E-state index contributed by atoms with van der Waals surface area (Å²) in [4.78, 5) is 10.9. The monoisotopic (exact) mass is 286 g/mol. The molecule has 1 saturated heterocycles. The Labute approximate surface area is 102 Å². The van der Waals surface area contributed by atoms with Crippen LogP contribution in [0.2, 0.25) is 0 Å². The lowest BCUT2D eigenvalue weighted by Gasteiger charge is -2.10. The van der Waals surface area contributed by atoms with Crippen molar-refractivity contribution in [2.45, 2.75) is 19.0 Å². The summed E-state index contributed by atoms with van der Waals surface area (Å²) >= 11 is 3.10. The Bertz CT molecular complexity index is 411. The van der Waals surface area contributed by atoms with Crippen molar-refractivity contribution in [1.29, 1.82) is 0 Å². The molecule has 16 heavy (non-hydrogen) atoms. The predicted octanol–water partition coefficient (Wildman–Crippen LogP) is 1.57. The quantitative estimate of drug-likeness (QED) is 0.886. The maximum absolute atomic E-state index is 13.2. The minimum Gasteiger partial charge on any atom is -0.354 e. The van der Waals surface area contributed by atoms with Crippen molar-refractivity contribution in [3.05, 3.63) is 34.1 Å². The highest BCUT2D eigenvalue weighted by atomic mass is 79.9. The highest BCUT2D eigenvalue weighted by molar-refractivity contribution is 9.10. The molecule has 1 unspecified atom stereocenters. The zero-order chi connectivity index (χ0) is 11.5. The zero-order valence-corrected chi connectivity index (χ0v) is 10.2. The van der Waals surface area contributed by atoms with Crippen LogP contribution in [0.3, 0.4) is 0 Å². The highest BCUT2D eigenvalue weighted by Gasteiger charge is 2.20. The molecular weight excluding hydrogens is 275 g/mol. The number of nitrogens with one attached hydrogen (secondary N) is 2. The van der Waals surface area contributed by atoms with E-state index in [0.717, 1.165) is 5.56 Å². The number of halogens is 2. The third-order valence-corrected chi connectivity index (χ3v) is 3.20. The molecule has 5 heteroatoms. The molecule has 1 aliphatic heterocycles. The minimum atomic E-state index is -0.264. The molecule has 0 spiro atoms. The zero-order valence-electron chi connectivity index (χ0n) is 8.59.